The van der Waals surface area contributed by atoms with E-state index in [-0.39, 0.29) is 18.3 Å². The van der Waals surface area contributed by atoms with E-state index in [1.165, 1.54) is 24.5 Å². The van der Waals surface area contributed by atoms with Crippen molar-refractivity contribution in [2.24, 2.45) is 0 Å². The number of carbonyl (C=O) groups is 2. The van der Waals surface area contributed by atoms with Crippen LogP contribution in [0.1, 0.15) is 16.1 Å². The molecule has 22 heavy (non-hydrogen) atoms. The average molecular weight is 300 g/mol. The molecule has 1 aliphatic rings. The molecule has 1 aliphatic heterocycles. The lowest BCUT2D eigenvalue weighted by molar-refractivity contribution is -0.299. The van der Waals surface area contributed by atoms with Crippen LogP contribution in [-0.4, -0.2) is 18.7 Å². The second kappa shape index (κ2) is 5.65. The third kappa shape index (κ3) is 2.78. The molecule has 0 bridgehead atoms. The van der Waals surface area contributed by atoms with Crippen LogP contribution in [0.5, 0.6) is 11.5 Å². The SMILES string of the molecule is O=C([O-])/C(=C/c1ccc2c(c1)OCO2)NC(=O)c1ccco1. The summed E-state index contributed by atoms with van der Waals surface area (Å²) in [7, 11) is 0. The number of fused-ring (bicyclic) bond motifs is 1. The molecule has 0 saturated heterocycles. The topological polar surface area (TPSA) is 101 Å². The standard InChI is InChI=1S/C15H11NO6/c17-14(12-2-1-5-20-12)16-10(15(18)19)6-9-3-4-11-13(7-9)22-8-21-11/h1-7H,8H2,(H,16,17)(H,18,19)/p-1/b10-6-. The molecule has 0 spiro atoms. The van der Waals surface area contributed by atoms with Crippen molar-refractivity contribution in [3.63, 3.8) is 0 Å². The van der Waals surface area contributed by atoms with Crippen molar-refractivity contribution in [2.75, 3.05) is 6.79 Å². The van der Waals surface area contributed by atoms with Crippen molar-refractivity contribution in [2.45, 2.75) is 0 Å². The lowest BCUT2D eigenvalue weighted by atomic mass is 10.1. The van der Waals surface area contributed by atoms with Gasteiger partial charge in [0.15, 0.2) is 17.3 Å². The fourth-order valence-corrected chi connectivity index (χ4v) is 1.91. The molecule has 0 radical (unpaired) electrons. The largest absolute Gasteiger partial charge is 0.543 e. The number of carboxylic acids is 1. The van der Waals surface area contributed by atoms with Gasteiger partial charge in [0.2, 0.25) is 6.79 Å². The molecule has 0 atom stereocenters. The number of carboxylic acid groups (broad SMARTS) is 1. The van der Waals surface area contributed by atoms with Gasteiger partial charge in [0.05, 0.1) is 17.9 Å². The Morgan fingerprint density at radius 3 is 2.73 bits per heavy atom. The number of carbonyl (C=O) groups excluding carboxylic acids is 2. The minimum Gasteiger partial charge on any atom is -0.543 e. The normalized spacial score (nSPS) is 13.0. The van der Waals surface area contributed by atoms with Crippen LogP contribution in [0.2, 0.25) is 0 Å². The molecule has 1 amide bonds. The summed E-state index contributed by atoms with van der Waals surface area (Å²) in [5.41, 5.74) is 0.128. The van der Waals surface area contributed by atoms with Gasteiger partial charge in [0.1, 0.15) is 0 Å². The Labute approximate surface area is 124 Å². The molecule has 0 unspecified atom stereocenters. The van der Waals surface area contributed by atoms with E-state index in [0.29, 0.717) is 17.1 Å². The molecule has 7 heteroatoms. The number of aliphatic carboxylic acids is 1. The first-order valence-corrected chi connectivity index (χ1v) is 6.31. The first-order valence-electron chi connectivity index (χ1n) is 6.31. The number of ether oxygens (including phenoxy) is 2. The lowest BCUT2D eigenvalue weighted by Gasteiger charge is -2.10. The number of hydrogen-bond acceptors (Lipinski definition) is 6. The summed E-state index contributed by atoms with van der Waals surface area (Å²) < 4.78 is 15.3. The number of rotatable bonds is 4. The highest BCUT2D eigenvalue weighted by molar-refractivity contribution is 6.00. The van der Waals surface area contributed by atoms with Crippen LogP contribution in [0.4, 0.5) is 0 Å². The molecular formula is C15H10NO6-. The van der Waals surface area contributed by atoms with E-state index in [2.05, 4.69) is 5.32 Å². The minimum absolute atomic E-state index is 0.00200. The van der Waals surface area contributed by atoms with E-state index in [0.717, 1.165) is 0 Å². The van der Waals surface area contributed by atoms with Gasteiger partial charge in [-0.3, -0.25) is 4.79 Å². The van der Waals surface area contributed by atoms with Crippen LogP contribution in [-0.2, 0) is 4.79 Å². The van der Waals surface area contributed by atoms with Crippen LogP contribution in [0.25, 0.3) is 6.08 Å². The third-order valence-corrected chi connectivity index (χ3v) is 2.92. The Hall–Kier alpha value is -3.22. The zero-order chi connectivity index (χ0) is 15.5. The van der Waals surface area contributed by atoms with Crippen molar-refractivity contribution in [1.29, 1.82) is 0 Å². The van der Waals surface area contributed by atoms with E-state index >= 15 is 0 Å². The number of nitrogens with one attached hydrogen (secondary N) is 1. The molecule has 0 aliphatic carbocycles. The summed E-state index contributed by atoms with van der Waals surface area (Å²) in [5.74, 6) is -1.12. The fourth-order valence-electron chi connectivity index (χ4n) is 1.91. The Morgan fingerprint density at radius 1 is 1.18 bits per heavy atom. The molecule has 3 rings (SSSR count). The van der Waals surface area contributed by atoms with Crippen molar-refractivity contribution < 1.29 is 28.6 Å². The number of hydrogen-bond donors (Lipinski definition) is 1. The van der Waals surface area contributed by atoms with Gasteiger partial charge in [-0.25, -0.2) is 0 Å². The molecule has 7 nitrogen and oxygen atoms in total. The maximum Gasteiger partial charge on any atom is 0.291 e. The molecular weight excluding hydrogens is 290 g/mol. The molecule has 1 aromatic heterocycles. The first-order chi connectivity index (χ1) is 10.6. The summed E-state index contributed by atoms with van der Waals surface area (Å²) in [6.07, 6.45) is 2.58. The molecule has 1 N–H and O–H groups in total. The summed E-state index contributed by atoms with van der Waals surface area (Å²) in [6, 6.07) is 7.83. The van der Waals surface area contributed by atoms with Crippen molar-refractivity contribution in [3.8, 4) is 11.5 Å². The molecule has 2 heterocycles. The van der Waals surface area contributed by atoms with E-state index in [4.69, 9.17) is 13.9 Å². The number of benzene rings is 1. The molecule has 0 saturated carbocycles. The number of furan rings is 1. The Morgan fingerprint density at radius 2 is 2.00 bits per heavy atom. The van der Waals surface area contributed by atoms with Gasteiger partial charge in [-0.15, -0.1) is 0 Å². The maximum atomic E-state index is 11.8. The van der Waals surface area contributed by atoms with E-state index in [9.17, 15) is 14.7 Å². The zero-order valence-corrected chi connectivity index (χ0v) is 11.2. The molecule has 2 aromatic rings. The van der Waals surface area contributed by atoms with Gasteiger partial charge in [-0.05, 0) is 35.9 Å². The quantitative estimate of drug-likeness (QED) is 0.827. The fraction of sp³-hybridized carbons (Fsp3) is 0.0667. The summed E-state index contributed by atoms with van der Waals surface area (Å²) in [4.78, 5) is 23.0. The summed E-state index contributed by atoms with van der Waals surface area (Å²) in [5, 5.41) is 13.4. The predicted octanol–water partition coefficient (Wildman–Crippen LogP) is 0.529. The Balaban J connectivity index is 1.84. The van der Waals surface area contributed by atoms with Gasteiger partial charge in [0.25, 0.3) is 5.91 Å². The summed E-state index contributed by atoms with van der Waals surface area (Å²) >= 11 is 0. The second-order valence-electron chi connectivity index (χ2n) is 4.39. The van der Waals surface area contributed by atoms with Crippen LogP contribution in [0.3, 0.4) is 0 Å². The van der Waals surface area contributed by atoms with Crippen molar-refractivity contribution in [1.82, 2.24) is 5.32 Å². The van der Waals surface area contributed by atoms with Crippen molar-refractivity contribution >= 4 is 18.0 Å². The van der Waals surface area contributed by atoms with Gasteiger partial charge in [-0.1, -0.05) is 6.07 Å². The number of amides is 1. The highest BCUT2D eigenvalue weighted by Crippen LogP contribution is 2.32. The smallest absolute Gasteiger partial charge is 0.291 e. The van der Waals surface area contributed by atoms with E-state index < -0.39 is 11.9 Å². The van der Waals surface area contributed by atoms with E-state index in [1.54, 1.807) is 18.2 Å². The Kier molecular flexibility index (Phi) is 3.53. The Bertz CT molecular complexity index is 747. The zero-order valence-electron chi connectivity index (χ0n) is 11.2. The van der Waals surface area contributed by atoms with Gasteiger partial charge < -0.3 is 29.1 Å². The van der Waals surface area contributed by atoms with Crippen LogP contribution >= 0.6 is 0 Å². The van der Waals surface area contributed by atoms with Crippen LogP contribution in [0, 0.1) is 0 Å². The third-order valence-electron chi connectivity index (χ3n) is 2.92. The monoisotopic (exact) mass is 300 g/mol. The van der Waals surface area contributed by atoms with Gasteiger partial charge >= 0.3 is 0 Å². The average Bonchev–Trinajstić information content (AvgIpc) is 3.17. The highest BCUT2D eigenvalue weighted by atomic mass is 16.7. The minimum atomic E-state index is -1.52. The highest BCUT2D eigenvalue weighted by Gasteiger charge is 2.14. The van der Waals surface area contributed by atoms with Crippen molar-refractivity contribution in [3.05, 3.63) is 53.6 Å². The lowest BCUT2D eigenvalue weighted by Crippen LogP contribution is -2.35. The van der Waals surface area contributed by atoms with E-state index in [1.807, 2.05) is 0 Å². The predicted molar refractivity (Wildman–Crippen MR) is 71.7 cm³/mol. The summed E-state index contributed by atoms with van der Waals surface area (Å²) in [6.45, 7) is 0.116. The van der Waals surface area contributed by atoms with Crippen LogP contribution in [0.15, 0.2) is 46.7 Å². The van der Waals surface area contributed by atoms with Gasteiger partial charge in [0, 0.05) is 0 Å². The van der Waals surface area contributed by atoms with Gasteiger partial charge in [-0.2, -0.15) is 0 Å². The molecule has 1 aromatic carbocycles. The molecule has 112 valence electrons. The van der Waals surface area contributed by atoms with Crippen LogP contribution < -0.4 is 19.9 Å². The second-order valence-corrected chi connectivity index (χ2v) is 4.39. The first kappa shape index (κ1) is 13.7. The maximum absolute atomic E-state index is 11.8. The molecule has 0 fully saturated rings.